The van der Waals surface area contributed by atoms with Crippen LogP contribution in [0.1, 0.15) is 18.0 Å². The maximum atomic E-state index is 13.0. The molecule has 0 saturated heterocycles. The zero-order chi connectivity index (χ0) is 18.0. The van der Waals surface area contributed by atoms with Gasteiger partial charge in [0, 0.05) is 21.5 Å². The molecule has 0 aliphatic carbocycles. The molecule has 0 amide bonds. The zero-order valence-electron chi connectivity index (χ0n) is 13.8. The number of sulfonamides is 1. The summed E-state index contributed by atoms with van der Waals surface area (Å²) in [7, 11) is -0.749. The predicted molar refractivity (Wildman–Crippen MR) is 102 cm³/mol. The smallest absolute Gasteiger partial charge is 0.242 e. The summed E-state index contributed by atoms with van der Waals surface area (Å²) in [5.41, 5.74) is 1.01. The minimum Gasteiger partial charge on any atom is -0.493 e. The van der Waals surface area contributed by atoms with Crippen LogP contribution >= 0.6 is 27.7 Å². The maximum Gasteiger partial charge on any atom is 0.242 e. The highest BCUT2D eigenvalue weighted by atomic mass is 79.9. The molecule has 1 aliphatic rings. The molecule has 2 aromatic carbocycles. The van der Waals surface area contributed by atoms with Crippen molar-refractivity contribution in [2.75, 3.05) is 20.0 Å². The summed E-state index contributed by atoms with van der Waals surface area (Å²) >= 11 is 5.07. The van der Waals surface area contributed by atoms with Crippen LogP contribution in [0.2, 0.25) is 0 Å². The molecule has 0 fully saturated rings. The van der Waals surface area contributed by atoms with Crippen LogP contribution in [0.5, 0.6) is 11.5 Å². The molecule has 0 radical (unpaired) electrons. The Morgan fingerprint density at radius 2 is 1.84 bits per heavy atom. The molecule has 1 aliphatic heterocycles. The fourth-order valence-electron chi connectivity index (χ4n) is 2.76. The van der Waals surface area contributed by atoms with Crippen LogP contribution in [0.4, 0.5) is 0 Å². The van der Waals surface area contributed by atoms with Gasteiger partial charge in [-0.2, -0.15) is 0 Å². The van der Waals surface area contributed by atoms with E-state index in [2.05, 4.69) is 20.7 Å². The normalized spacial score (nSPS) is 17.0. The second-order valence-electron chi connectivity index (χ2n) is 5.49. The number of ether oxygens (including phenoxy) is 2. The quantitative estimate of drug-likeness (QED) is 0.756. The molecule has 1 atom stereocenters. The number of thioether (sulfide) groups is 1. The number of halogens is 1. The lowest BCUT2D eigenvalue weighted by atomic mass is 10.1. The topological polar surface area (TPSA) is 64.6 Å². The molecule has 0 aromatic heterocycles. The van der Waals surface area contributed by atoms with E-state index >= 15 is 0 Å². The van der Waals surface area contributed by atoms with E-state index < -0.39 is 10.0 Å². The van der Waals surface area contributed by atoms with Gasteiger partial charge < -0.3 is 9.47 Å². The van der Waals surface area contributed by atoms with E-state index in [1.165, 1.54) is 20.3 Å². The first-order valence-electron chi connectivity index (χ1n) is 7.62. The van der Waals surface area contributed by atoms with Crippen LogP contribution < -0.4 is 14.2 Å². The van der Waals surface area contributed by atoms with Crippen molar-refractivity contribution >= 4 is 37.7 Å². The third-order valence-electron chi connectivity index (χ3n) is 3.98. The summed E-state index contributed by atoms with van der Waals surface area (Å²) in [6.07, 6.45) is 0.742. The Morgan fingerprint density at radius 3 is 2.56 bits per heavy atom. The Bertz CT molecular complexity index is 886. The van der Waals surface area contributed by atoms with Gasteiger partial charge in [-0.25, -0.2) is 13.1 Å². The van der Waals surface area contributed by atoms with Crippen LogP contribution in [0.25, 0.3) is 0 Å². The van der Waals surface area contributed by atoms with Crippen LogP contribution in [-0.2, 0) is 10.0 Å². The largest absolute Gasteiger partial charge is 0.493 e. The summed E-state index contributed by atoms with van der Waals surface area (Å²) in [4.78, 5) is 1.24. The highest BCUT2D eigenvalue weighted by Gasteiger charge is 2.28. The van der Waals surface area contributed by atoms with Crippen molar-refractivity contribution in [1.82, 2.24) is 4.72 Å². The summed E-state index contributed by atoms with van der Waals surface area (Å²) in [5, 5.41) is 0. The monoisotopic (exact) mass is 443 g/mol. The lowest BCUT2D eigenvalue weighted by Crippen LogP contribution is -2.31. The molecule has 1 N–H and O–H groups in total. The Hall–Kier alpha value is -1.22. The van der Waals surface area contributed by atoms with Gasteiger partial charge in [0.2, 0.25) is 10.0 Å². The van der Waals surface area contributed by atoms with Crippen molar-refractivity contribution in [1.29, 1.82) is 0 Å². The molecule has 8 heteroatoms. The number of hydrogen-bond acceptors (Lipinski definition) is 5. The molecule has 0 unspecified atom stereocenters. The van der Waals surface area contributed by atoms with Gasteiger partial charge in [-0.1, -0.05) is 18.2 Å². The molecule has 0 bridgehead atoms. The van der Waals surface area contributed by atoms with E-state index in [0.717, 1.165) is 22.6 Å². The van der Waals surface area contributed by atoms with Gasteiger partial charge in [0.1, 0.15) is 4.90 Å². The lowest BCUT2D eigenvalue weighted by molar-refractivity contribution is 0.353. The molecular weight excluding hydrogens is 426 g/mol. The summed E-state index contributed by atoms with van der Waals surface area (Å²) < 4.78 is 39.6. The van der Waals surface area contributed by atoms with Gasteiger partial charge in [-0.15, -0.1) is 11.8 Å². The molecule has 25 heavy (non-hydrogen) atoms. The Kier molecular flexibility index (Phi) is 5.62. The molecule has 0 saturated carbocycles. The molecule has 134 valence electrons. The van der Waals surface area contributed by atoms with Crippen LogP contribution in [0, 0.1) is 0 Å². The van der Waals surface area contributed by atoms with Crippen molar-refractivity contribution in [2.45, 2.75) is 22.3 Å². The Morgan fingerprint density at radius 1 is 1.16 bits per heavy atom. The first-order valence-corrected chi connectivity index (χ1v) is 10.9. The van der Waals surface area contributed by atoms with Crippen molar-refractivity contribution in [2.24, 2.45) is 0 Å². The molecule has 0 spiro atoms. The van der Waals surface area contributed by atoms with Gasteiger partial charge in [0.15, 0.2) is 11.5 Å². The van der Waals surface area contributed by atoms with E-state index in [1.807, 2.05) is 24.3 Å². The number of hydrogen-bond donors (Lipinski definition) is 1. The lowest BCUT2D eigenvalue weighted by Gasteiger charge is -2.26. The molecule has 2 aromatic rings. The van der Waals surface area contributed by atoms with Crippen LogP contribution in [0.3, 0.4) is 0 Å². The predicted octanol–water partition coefficient (Wildman–Crippen LogP) is 3.98. The van der Waals surface area contributed by atoms with Gasteiger partial charge >= 0.3 is 0 Å². The Balaban J connectivity index is 1.96. The van der Waals surface area contributed by atoms with E-state index in [9.17, 15) is 8.42 Å². The molecule has 1 heterocycles. The zero-order valence-corrected chi connectivity index (χ0v) is 17.0. The van der Waals surface area contributed by atoms with E-state index in [-0.39, 0.29) is 10.9 Å². The van der Waals surface area contributed by atoms with Crippen LogP contribution in [0.15, 0.2) is 50.7 Å². The number of rotatable bonds is 5. The first-order chi connectivity index (χ1) is 12.0. The third kappa shape index (κ3) is 3.81. The van der Waals surface area contributed by atoms with Crippen molar-refractivity contribution in [3.05, 3.63) is 46.4 Å². The highest BCUT2D eigenvalue weighted by Crippen LogP contribution is 2.39. The number of nitrogens with one attached hydrogen (secondary N) is 1. The summed E-state index contributed by atoms with van der Waals surface area (Å²) in [6, 6.07) is 10.7. The van der Waals surface area contributed by atoms with E-state index in [0.29, 0.717) is 16.0 Å². The standard InChI is InChI=1S/C17H18BrNO4S2/c1-22-14-9-12(18)17(10-15(14)23-2)25(20,21)19-13-7-8-24-16-6-4-3-5-11(13)16/h3-6,9-10,13,19H,7-8H2,1-2H3/t13-/m1/s1. The van der Waals surface area contributed by atoms with Gasteiger partial charge in [0.05, 0.1) is 14.2 Å². The van der Waals surface area contributed by atoms with Gasteiger partial charge in [-0.3, -0.25) is 0 Å². The SMILES string of the molecule is COc1cc(Br)c(S(=O)(=O)N[C@@H]2CCSc3ccccc32)cc1OC. The molecule has 5 nitrogen and oxygen atoms in total. The molecule has 3 rings (SSSR count). The Labute approximate surface area is 160 Å². The van der Waals surface area contributed by atoms with Gasteiger partial charge in [-0.05, 0) is 45.8 Å². The average molecular weight is 444 g/mol. The maximum absolute atomic E-state index is 13.0. The fourth-order valence-corrected chi connectivity index (χ4v) is 6.17. The average Bonchev–Trinajstić information content (AvgIpc) is 2.61. The first kappa shape index (κ1) is 18.6. The number of benzene rings is 2. The second-order valence-corrected chi connectivity index (χ2v) is 9.16. The van der Waals surface area contributed by atoms with Gasteiger partial charge in [0.25, 0.3) is 0 Å². The number of fused-ring (bicyclic) bond motifs is 1. The van der Waals surface area contributed by atoms with Crippen LogP contribution in [-0.4, -0.2) is 28.4 Å². The minimum atomic E-state index is -3.73. The van der Waals surface area contributed by atoms with Crippen molar-refractivity contribution in [3.8, 4) is 11.5 Å². The van der Waals surface area contributed by atoms with Crippen molar-refractivity contribution in [3.63, 3.8) is 0 Å². The van der Waals surface area contributed by atoms with E-state index in [1.54, 1.807) is 17.8 Å². The summed E-state index contributed by atoms with van der Waals surface area (Å²) in [5.74, 6) is 1.70. The highest BCUT2D eigenvalue weighted by molar-refractivity contribution is 9.10. The minimum absolute atomic E-state index is 0.126. The van der Waals surface area contributed by atoms with E-state index in [4.69, 9.17) is 9.47 Å². The fraction of sp³-hybridized carbons (Fsp3) is 0.294. The van der Waals surface area contributed by atoms with Crippen molar-refractivity contribution < 1.29 is 17.9 Å². The second kappa shape index (κ2) is 7.57. The summed E-state index contributed by atoms with van der Waals surface area (Å²) in [6.45, 7) is 0. The molecular formula is C17H18BrNO4S2. The third-order valence-corrected chi connectivity index (χ3v) is 7.54. The number of methoxy groups -OCH3 is 2.